The average molecular weight is 460 g/mol. The van der Waals surface area contributed by atoms with Crippen LogP contribution in [0.1, 0.15) is 36.1 Å². The lowest BCUT2D eigenvalue weighted by Crippen LogP contribution is -2.41. The molecule has 0 bridgehead atoms. The summed E-state index contributed by atoms with van der Waals surface area (Å²) in [6.07, 6.45) is 3.96. The van der Waals surface area contributed by atoms with Gasteiger partial charge < -0.3 is 10.0 Å². The molecule has 5 rings (SSSR count). The van der Waals surface area contributed by atoms with Gasteiger partial charge in [-0.15, -0.1) is 0 Å². The summed E-state index contributed by atoms with van der Waals surface area (Å²) in [5.74, 6) is 0.415. The van der Waals surface area contributed by atoms with Crippen molar-refractivity contribution in [1.82, 2.24) is 24.6 Å². The van der Waals surface area contributed by atoms with Crippen molar-refractivity contribution in [3.8, 4) is 17.2 Å². The Hall–Kier alpha value is -3.71. The van der Waals surface area contributed by atoms with Crippen molar-refractivity contribution < 1.29 is 9.90 Å². The SMILES string of the molecule is O=C(O)N1CC(c2cc(-c3ccc(Cl)cc3)nn2-c2ncccn2)CCC1c1ccccc1. The number of halogens is 1. The third kappa shape index (κ3) is 4.32. The molecule has 2 unspecified atom stereocenters. The molecule has 0 saturated carbocycles. The smallest absolute Gasteiger partial charge is 0.407 e. The van der Waals surface area contributed by atoms with Gasteiger partial charge in [-0.1, -0.05) is 54.1 Å². The Balaban J connectivity index is 1.52. The molecule has 4 aromatic rings. The number of nitrogens with zero attached hydrogens (tertiary/aromatic N) is 5. The Morgan fingerprint density at radius 3 is 2.39 bits per heavy atom. The molecule has 7 nitrogen and oxygen atoms in total. The number of rotatable bonds is 4. The highest BCUT2D eigenvalue weighted by Gasteiger charge is 2.35. The summed E-state index contributed by atoms with van der Waals surface area (Å²) in [7, 11) is 0. The number of benzene rings is 2. The molecule has 0 aliphatic carbocycles. The topological polar surface area (TPSA) is 84.1 Å². The number of hydrogen-bond donors (Lipinski definition) is 1. The Labute approximate surface area is 196 Å². The number of carbonyl (C=O) groups is 1. The molecular weight excluding hydrogens is 438 g/mol. The predicted molar refractivity (Wildman–Crippen MR) is 125 cm³/mol. The molecule has 1 aliphatic heterocycles. The summed E-state index contributed by atoms with van der Waals surface area (Å²) in [5.41, 5.74) is 3.59. The van der Waals surface area contributed by atoms with Crippen LogP contribution in [0.4, 0.5) is 4.79 Å². The fraction of sp³-hybridized carbons (Fsp3) is 0.200. The van der Waals surface area contributed by atoms with Crippen molar-refractivity contribution in [2.45, 2.75) is 24.8 Å². The highest BCUT2D eigenvalue weighted by atomic mass is 35.5. The number of carboxylic acid groups (broad SMARTS) is 1. The zero-order valence-electron chi connectivity index (χ0n) is 17.8. The Kier molecular flexibility index (Phi) is 5.79. The van der Waals surface area contributed by atoms with E-state index < -0.39 is 6.09 Å². The minimum Gasteiger partial charge on any atom is -0.465 e. The molecule has 2 atom stereocenters. The Morgan fingerprint density at radius 1 is 0.970 bits per heavy atom. The summed E-state index contributed by atoms with van der Waals surface area (Å²) in [6.45, 7) is 0.369. The highest BCUT2D eigenvalue weighted by Crippen LogP contribution is 2.39. The normalized spacial score (nSPS) is 18.3. The molecule has 1 amide bonds. The van der Waals surface area contributed by atoms with Crippen molar-refractivity contribution >= 4 is 17.7 Å². The summed E-state index contributed by atoms with van der Waals surface area (Å²) in [5, 5.41) is 15.4. The number of piperidine rings is 1. The first-order chi connectivity index (χ1) is 16.1. The van der Waals surface area contributed by atoms with E-state index in [4.69, 9.17) is 16.7 Å². The lowest BCUT2D eigenvalue weighted by atomic mass is 9.87. The second-order valence-electron chi connectivity index (χ2n) is 8.06. The Morgan fingerprint density at radius 2 is 1.70 bits per heavy atom. The molecule has 3 heterocycles. The second-order valence-corrected chi connectivity index (χ2v) is 8.49. The van der Waals surface area contributed by atoms with Crippen molar-refractivity contribution in [1.29, 1.82) is 0 Å². The van der Waals surface area contributed by atoms with Crippen molar-refractivity contribution in [3.63, 3.8) is 0 Å². The van der Waals surface area contributed by atoms with Crippen LogP contribution in [-0.2, 0) is 0 Å². The van der Waals surface area contributed by atoms with E-state index >= 15 is 0 Å². The maximum Gasteiger partial charge on any atom is 0.407 e. The van der Waals surface area contributed by atoms with E-state index in [0.29, 0.717) is 17.5 Å². The van der Waals surface area contributed by atoms with E-state index in [-0.39, 0.29) is 12.0 Å². The number of hydrogen-bond acceptors (Lipinski definition) is 4. The molecule has 1 fully saturated rings. The van der Waals surface area contributed by atoms with Gasteiger partial charge in [0.05, 0.1) is 17.4 Å². The summed E-state index contributed by atoms with van der Waals surface area (Å²) >= 11 is 6.06. The molecule has 2 aromatic carbocycles. The van der Waals surface area contributed by atoms with Gasteiger partial charge in [-0.3, -0.25) is 0 Å². The van der Waals surface area contributed by atoms with Crippen LogP contribution < -0.4 is 0 Å². The van der Waals surface area contributed by atoms with Crippen LogP contribution in [0.15, 0.2) is 79.1 Å². The van der Waals surface area contributed by atoms with Gasteiger partial charge in [-0.2, -0.15) is 5.10 Å². The van der Waals surface area contributed by atoms with Gasteiger partial charge in [0, 0.05) is 35.4 Å². The Bertz CT molecular complexity index is 1250. The van der Waals surface area contributed by atoms with Gasteiger partial charge in [-0.25, -0.2) is 19.4 Å². The molecule has 2 aromatic heterocycles. The molecule has 1 aliphatic rings. The largest absolute Gasteiger partial charge is 0.465 e. The lowest BCUT2D eigenvalue weighted by Gasteiger charge is -2.38. The first-order valence-electron chi connectivity index (χ1n) is 10.8. The molecule has 0 radical (unpaired) electrons. The number of amides is 1. The van der Waals surface area contributed by atoms with Gasteiger partial charge in [0.25, 0.3) is 5.95 Å². The van der Waals surface area contributed by atoms with Crippen LogP contribution in [0.5, 0.6) is 0 Å². The molecule has 1 saturated heterocycles. The zero-order chi connectivity index (χ0) is 22.8. The van der Waals surface area contributed by atoms with Gasteiger partial charge in [0.2, 0.25) is 0 Å². The summed E-state index contributed by atoms with van der Waals surface area (Å²) in [6, 6.07) is 20.9. The number of aromatic nitrogens is 4. The third-order valence-electron chi connectivity index (χ3n) is 6.05. The van der Waals surface area contributed by atoms with Crippen LogP contribution in [0, 0.1) is 0 Å². The fourth-order valence-corrected chi connectivity index (χ4v) is 4.58. The lowest BCUT2D eigenvalue weighted by molar-refractivity contribution is 0.0985. The highest BCUT2D eigenvalue weighted by molar-refractivity contribution is 6.30. The molecular formula is C25H22ClN5O2. The fourth-order valence-electron chi connectivity index (χ4n) is 4.45. The molecule has 1 N–H and O–H groups in total. The standard InChI is InChI=1S/C25H22ClN5O2/c26-20-10-7-17(8-11-20)21-15-23(31(29-21)24-27-13-4-14-28-24)19-9-12-22(30(16-19)25(32)33)18-5-2-1-3-6-18/h1-8,10-11,13-15,19,22H,9,12,16H2,(H,32,33). The van der Waals surface area contributed by atoms with E-state index in [1.165, 1.54) is 4.90 Å². The zero-order valence-corrected chi connectivity index (χ0v) is 18.5. The molecule has 8 heteroatoms. The van der Waals surface area contributed by atoms with E-state index in [1.54, 1.807) is 23.1 Å². The second kappa shape index (κ2) is 9.03. The predicted octanol–water partition coefficient (Wildman–Crippen LogP) is 5.58. The molecule has 0 spiro atoms. The average Bonchev–Trinajstić information content (AvgIpc) is 3.31. The van der Waals surface area contributed by atoms with Crippen LogP contribution in [0.3, 0.4) is 0 Å². The first-order valence-corrected chi connectivity index (χ1v) is 11.2. The minimum atomic E-state index is -0.923. The maximum absolute atomic E-state index is 12.2. The first kappa shape index (κ1) is 21.2. The monoisotopic (exact) mass is 459 g/mol. The van der Waals surface area contributed by atoms with Crippen molar-refractivity contribution in [2.24, 2.45) is 0 Å². The van der Waals surface area contributed by atoms with Gasteiger partial charge in [-0.05, 0) is 42.7 Å². The molecule has 33 heavy (non-hydrogen) atoms. The summed E-state index contributed by atoms with van der Waals surface area (Å²) in [4.78, 5) is 22.5. The minimum absolute atomic E-state index is 0.0431. The summed E-state index contributed by atoms with van der Waals surface area (Å²) < 4.78 is 1.73. The van der Waals surface area contributed by atoms with Gasteiger partial charge in [0.1, 0.15) is 0 Å². The van der Waals surface area contributed by atoms with E-state index in [9.17, 15) is 9.90 Å². The van der Waals surface area contributed by atoms with Crippen LogP contribution in [0.2, 0.25) is 5.02 Å². The van der Waals surface area contributed by atoms with Crippen molar-refractivity contribution in [3.05, 3.63) is 95.4 Å². The third-order valence-corrected chi connectivity index (χ3v) is 6.30. The van der Waals surface area contributed by atoms with E-state index in [0.717, 1.165) is 35.4 Å². The van der Waals surface area contributed by atoms with Crippen LogP contribution in [0.25, 0.3) is 17.2 Å². The van der Waals surface area contributed by atoms with E-state index in [2.05, 4.69) is 9.97 Å². The van der Waals surface area contributed by atoms with Gasteiger partial charge >= 0.3 is 6.09 Å². The number of likely N-dealkylation sites (tertiary alicyclic amines) is 1. The molecule has 166 valence electrons. The van der Waals surface area contributed by atoms with Gasteiger partial charge in [0.15, 0.2) is 0 Å². The van der Waals surface area contributed by atoms with Crippen LogP contribution in [-0.4, -0.2) is 42.4 Å². The van der Waals surface area contributed by atoms with Crippen LogP contribution >= 0.6 is 11.6 Å². The quantitative estimate of drug-likeness (QED) is 0.430. The maximum atomic E-state index is 12.2. The van der Waals surface area contributed by atoms with Crippen molar-refractivity contribution in [2.75, 3.05) is 6.54 Å². The van der Waals surface area contributed by atoms with E-state index in [1.807, 2.05) is 60.7 Å².